The zero-order valence-corrected chi connectivity index (χ0v) is 18.3. The molecule has 0 unspecified atom stereocenters. The van der Waals surface area contributed by atoms with E-state index in [-0.39, 0.29) is 5.57 Å². The topological polar surface area (TPSA) is 84.9 Å². The first-order chi connectivity index (χ1) is 16.0. The lowest BCUT2D eigenvalue weighted by atomic mass is 10.1. The molecule has 3 aromatic carbocycles. The molecule has 1 aliphatic rings. The molecule has 0 aliphatic carbocycles. The van der Waals surface area contributed by atoms with E-state index >= 15 is 0 Å². The van der Waals surface area contributed by atoms with Crippen LogP contribution in [-0.4, -0.2) is 25.0 Å². The van der Waals surface area contributed by atoms with Gasteiger partial charge in [0.25, 0.3) is 11.8 Å². The summed E-state index contributed by atoms with van der Waals surface area (Å²) >= 11 is 5.89. The lowest BCUT2D eigenvalue weighted by Gasteiger charge is -2.26. The fraction of sp³-hybridized carbons (Fsp3) is 0.0800. The van der Waals surface area contributed by atoms with Crippen molar-refractivity contribution in [3.63, 3.8) is 0 Å². The second kappa shape index (κ2) is 9.58. The number of imide groups is 2. The molecule has 1 fully saturated rings. The van der Waals surface area contributed by atoms with Gasteiger partial charge in [-0.3, -0.25) is 14.9 Å². The SMILES string of the molecule is COc1cc(C=C2C(=O)NC(=O)N(c3ccc(Cl)cc3)C2=O)ccc1OCc1ccccc1. The lowest BCUT2D eigenvalue weighted by Crippen LogP contribution is -2.54. The number of anilines is 1. The van der Waals surface area contributed by atoms with Gasteiger partial charge in [0.1, 0.15) is 12.2 Å². The average Bonchev–Trinajstić information content (AvgIpc) is 2.82. The van der Waals surface area contributed by atoms with Crippen LogP contribution in [0.4, 0.5) is 10.5 Å². The third-order valence-corrected chi connectivity index (χ3v) is 5.17. The van der Waals surface area contributed by atoms with Gasteiger partial charge >= 0.3 is 6.03 Å². The summed E-state index contributed by atoms with van der Waals surface area (Å²) in [7, 11) is 1.50. The van der Waals surface area contributed by atoms with Crippen LogP contribution in [0.5, 0.6) is 11.5 Å². The highest BCUT2D eigenvalue weighted by Crippen LogP contribution is 2.30. The number of ether oxygens (including phenoxy) is 2. The summed E-state index contributed by atoms with van der Waals surface area (Å²) in [6, 6.07) is 20.0. The van der Waals surface area contributed by atoms with Crippen LogP contribution in [0.25, 0.3) is 6.08 Å². The Balaban J connectivity index is 1.60. The first-order valence-corrected chi connectivity index (χ1v) is 10.4. The van der Waals surface area contributed by atoms with Gasteiger partial charge in [0.05, 0.1) is 12.8 Å². The number of nitrogens with one attached hydrogen (secondary N) is 1. The van der Waals surface area contributed by atoms with Gasteiger partial charge < -0.3 is 9.47 Å². The number of benzene rings is 3. The van der Waals surface area contributed by atoms with Crippen LogP contribution in [0.15, 0.2) is 78.4 Å². The highest BCUT2D eigenvalue weighted by molar-refractivity contribution is 6.39. The lowest BCUT2D eigenvalue weighted by molar-refractivity contribution is -0.122. The number of carbonyl (C=O) groups excluding carboxylic acids is 3. The van der Waals surface area contributed by atoms with Crippen LogP contribution in [0.3, 0.4) is 0 Å². The number of urea groups is 1. The first-order valence-electron chi connectivity index (χ1n) is 9.98. The smallest absolute Gasteiger partial charge is 0.335 e. The maximum atomic E-state index is 13.0. The summed E-state index contributed by atoms with van der Waals surface area (Å²) in [5, 5.41) is 2.65. The molecule has 0 saturated carbocycles. The van der Waals surface area contributed by atoms with Crippen molar-refractivity contribution in [2.75, 3.05) is 12.0 Å². The summed E-state index contributed by atoms with van der Waals surface area (Å²) in [6.45, 7) is 0.358. The highest BCUT2D eigenvalue weighted by Gasteiger charge is 2.36. The highest BCUT2D eigenvalue weighted by atomic mass is 35.5. The van der Waals surface area contributed by atoms with Gasteiger partial charge in [0.15, 0.2) is 11.5 Å². The monoisotopic (exact) mass is 462 g/mol. The van der Waals surface area contributed by atoms with Crippen molar-refractivity contribution < 1.29 is 23.9 Å². The Kier molecular flexibility index (Phi) is 6.42. The Morgan fingerprint density at radius 3 is 2.36 bits per heavy atom. The summed E-state index contributed by atoms with van der Waals surface area (Å²) in [4.78, 5) is 38.6. The van der Waals surface area contributed by atoms with Crippen LogP contribution in [0.1, 0.15) is 11.1 Å². The minimum atomic E-state index is -0.827. The van der Waals surface area contributed by atoms with E-state index in [9.17, 15) is 14.4 Å². The van der Waals surface area contributed by atoms with E-state index in [4.69, 9.17) is 21.1 Å². The maximum Gasteiger partial charge on any atom is 0.335 e. The number of nitrogens with zero attached hydrogens (tertiary/aromatic N) is 1. The van der Waals surface area contributed by atoms with Gasteiger partial charge in [-0.2, -0.15) is 0 Å². The fourth-order valence-corrected chi connectivity index (χ4v) is 3.40. The number of hydrogen-bond donors (Lipinski definition) is 1. The van der Waals surface area contributed by atoms with Crippen molar-refractivity contribution in [3.05, 3.63) is 94.5 Å². The van der Waals surface area contributed by atoms with E-state index in [1.165, 1.54) is 25.3 Å². The molecule has 4 rings (SSSR count). The molecule has 3 aromatic rings. The van der Waals surface area contributed by atoms with E-state index in [0.29, 0.717) is 34.4 Å². The Bertz CT molecular complexity index is 1240. The third-order valence-electron chi connectivity index (χ3n) is 4.92. The van der Waals surface area contributed by atoms with Crippen LogP contribution in [0, 0.1) is 0 Å². The molecule has 1 heterocycles. The van der Waals surface area contributed by atoms with Crippen molar-refractivity contribution in [2.24, 2.45) is 0 Å². The number of barbiturate groups is 1. The molecule has 4 amide bonds. The molecular weight excluding hydrogens is 444 g/mol. The molecule has 0 spiro atoms. The van der Waals surface area contributed by atoms with Crippen LogP contribution >= 0.6 is 11.6 Å². The number of carbonyl (C=O) groups is 3. The van der Waals surface area contributed by atoms with E-state index in [1.807, 2.05) is 30.3 Å². The van der Waals surface area contributed by atoms with E-state index < -0.39 is 17.8 Å². The van der Waals surface area contributed by atoms with Crippen molar-refractivity contribution in [3.8, 4) is 11.5 Å². The largest absolute Gasteiger partial charge is 0.493 e. The summed E-state index contributed by atoms with van der Waals surface area (Å²) < 4.78 is 11.3. The second-order valence-electron chi connectivity index (χ2n) is 7.12. The van der Waals surface area contributed by atoms with Gasteiger partial charge in [0, 0.05) is 5.02 Å². The summed E-state index contributed by atoms with van der Waals surface area (Å²) in [5.41, 5.74) is 1.64. The Morgan fingerprint density at radius 2 is 1.67 bits per heavy atom. The van der Waals surface area contributed by atoms with Crippen LogP contribution in [-0.2, 0) is 16.2 Å². The standard InChI is InChI=1S/C25H19ClN2O5/c1-32-22-14-17(7-12-21(22)33-15-16-5-3-2-4-6-16)13-20-23(29)27-25(31)28(24(20)30)19-10-8-18(26)9-11-19/h2-14H,15H2,1H3,(H,27,29,31). The van der Waals surface area contributed by atoms with Gasteiger partial charge in [-0.1, -0.05) is 48.0 Å². The van der Waals surface area contributed by atoms with Gasteiger partial charge in [-0.15, -0.1) is 0 Å². The van der Waals surface area contributed by atoms with E-state index in [0.717, 1.165) is 10.5 Å². The minimum Gasteiger partial charge on any atom is -0.493 e. The quantitative estimate of drug-likeness (QED) is 0.427. The van der Waals surface area contributed by atoms with Gasteiger partial charge in [-0.05, 0) is 53.6 Å². The molecule has 33 heavy (non-hydrogen) atoms. The Hall–Kier alpha value is -4.10. The van der Waals surface area contributed by atoms with Gasteiger partial charge in [0.2, 0.25) is 0 Å². The third kappa shape index (κ3) is 4.88. The number of rotatable bonds is 6. The second-order valence-corrected chi connectivity index (χ2v) is 7.56. The normalized spacial score (nSPS) is 14.9. The molecule has 1 aliphatic heterocycles. The van der Waals surface area contributed by atoms with Crippen LogP contribution < -0.4 is 19.7 Å². The molecule has 0 aromatic heterocycles. The molecule has 1 saturated heterocycles. The van der Waals surface area contributed by atoms with E-state index in [1.54, 1.807) is 30.3 Å². The van der Waals surface area contributed by atoms with Crippen LogP contribution in [0.2, 0.25) is 5.02 Å². The van der Waals surface area contributed by atoms with E-state index in [2.05, 4.69) is 5.32 Å². The maximum absolute atomic E-state index is 13.0. The molecular formula is C25H19ClN2O5. The number of methoxy groups -OCH3 is 1. The molecule has 1 N–H and O–H groups in total. The Labute approximate surface area is 195 Å². The fourth-order valence-electron chi connectivity index (χ4n) is 3.28. The van der Waals surface area contributed by atoms with Crippen molar-refractivity contribution in [2.45, 2.75) is 6.61 Å². The summed E-state index contributed by atoms with van der Waals surface area (Å²) in [5.74, 6) is -0.566. The number of halogens is 1. The molecule has 7 nitrogen and oxygen atoms in total. The predicted octanol–water partition coefficient (Wildman–Crippen LogP) is 4.59. The molecule has 0 radical (unpaired) electrons. The first kappa shape index (κ1) is 22.1. The zero-order chi connectivity index (χ0) is 23.4. The predicted molar refractivity (Wildman–Crippen MR) is 124 cm³/mol. The molecule has 0 atom stereocenters. The molecule has 8 heteroatoms. The summed E-state index contributed by atoms with van der Waals surface area (Å²) in [6.07, 6.45) is 1.40. The number of hydrogen-bond acceptors (Lipinski definition) is 5. The minimum absolute atomic E-state index is 0.190. The van der Waals surface area contributed by atoms with Crippen molar-refractivity contribution >= 4 is 41.2 Å². The zero-order valence-electron chi connectivity index (χ0n) is 17.6. The van der Waals surface area contributed by atoms with Crippen molar-refractivity contribution in [1.82, 2.24) is 5.32 Å². The van der Waals surface area contributed by atoms with Gasteiger partial charge in [-0.25, -0.2) is 9.69 Å². The average molecular weight is 463 g/mol. The number of amides is 4. The van der Waals surface area contributed by atoms with Crippen molar-refractivity contribution in [1.29, 1.82) is 0 Å². The molecule has 166 valence electrons. The Morgan fingerprint density at radius 1 is 0.939 bits per heavy atom. The molecule has 0 bridgehead atoms.